The smallest absolute Gasteiger partial charge is 0.407 e. The Bertz CT molecular complexity index is 620. The van der Waals surface area contributed by atoms with Gasteiger partial charge in [0.25, 0.3) is 0 Å². The number of ether oxygens (including phenoxy) is 1. The molecule has 0 aromatic heterocycles. The highest BCUT2D eigenvalue weighted by Gasteiger charge is 2.15. The Hall–Kier alpha value is -2.02. The van der Waals surface area contributed by atoms with Crippen molar-refractivity contribution in [3.8, 4) is 6.07 Å². The number of carbonyl (C=O) groups excluding carboxylic acids is 1. The average molecular weight is 459 g/mol. The molecule has 0 saturated carbocycles. The van der Waals surface area contributed by atoms with Crippen molar-refractivity contribution in [3.63, 3.8) is 0 Å². The highest BCUT2D eigenvalue weighted by molar-refractivity contribution is 14.0. The monoisotopic (exact) mass is 459 g/mol. The summed E-state index contributed by atoms with van der Waals surface area (Å²) in [4.78, 5) is 15.6. The quantitative estimate of drug-likeness (QED) is 0.272. The third kappa shape index (κ3) is 10.4. The van der Waals surface area contributed by atoms with Gasteiger partial charge in [0.1, 0.15) is 5.60 Å². The Morgan fingerprint density at radius 1 is 1.24 bits per heavy atom. The summed E-state index contributed by atoms with van der Waals surface area (Å²) in [5.74, 6) is 0.614. The zero-order valence-electron chi connectivity index (χ0n) is 15.0. The van der Waals surface area contributed by atoms with E-state index in [2.05, 4.69) is 27.0 Å². The van der Waals surface area contributed by atoms with Crippen LogP contribution >= 0.6 is 24.0 Å². The largest absolute Gasteiger partial charge is 0.444 e. The van der Waals surface area contributed by atoms with E-state index in [-0.39, 0.29) is 24.0 Å². The standard InChI is InChI=1S/C17H25N5O2.HI/c1-17(2,3)24-16(23)21-9-8-20-15(19-4)22-12-14-7-5-6-13(10-14)11-18;/h5-7,10H,8-9,12H2,1-4H3,(H,21,23)(H2,19,20,22);1H. The Labute approximate surface area is 166 Å². The summed E-state index contributed by atoms with van der Waals surface area (Å²) in [7, 11) is 1.67. The van der Waals surface area contributed by atoms with Crippen LogP contribution < -0.4 is 16.0 Å². The molecule has 0 aliphatic rings. The van der Waals surface area contributed by atoms with E-state index in [9.17, 15) is 4.79 Å². The second-order valence-corrected chi connectivity index (χ2v) is 6.09. The zero-order chi connectivity index (χ0) is 18.0. The molecule has 8 heteroatoms. The molecule has 0 unspecified atom stereocenters. The van der Waals surface area contributed by atoms with E-state index in [0.29, 0.717) is 31.2 Å². The molecule has 1 amide bonds. The number of hydrogen-bond donors (Lipinski definition) is 3. The maximum atomic E-state index is 11.5. The van der Waals surface area contributed by atoms with Gasteiger partial charge in [-0.25, -0.2) is 4.79 Å². The summed E-state index contributed by atoms with van der Waals surface area (Å²) >= 11 is 0. The van der Waals surface area contributed by atoms with Gasteiger partial charge >= 0.3 is 6.09 Å². The average Bonchev–Trinajstić information content (AvgIpc) is 2.52. The van der Waals surface area contributed by atoms with Crippen molar-refractivity contribution >= 4 is 36.0 Å². The fraction of sp³-hybridized carbons (Fsp3) is 0.471. The van der Waals surface area contributed by atoms with Crippen LogP contribution in [-0.4, -0.2) is 37.8 Å². The van der Waals surface area contributed by atoms with Crippen LogP contribution in [0.3, 0.4) is 0 Å². The summed E-state index contributed by atoms with van der Waals surface area (Å²) in [6.45, 7) is 6.93. The van der Waals surface area contributed by atoms with E-state index in [4.69, 9.17) is 10.00 Å². The van der Waals surface area contributed by atoms with Gasteiger partial charge in [-0.2, -0.15) is 5.26 Å². The molecule has 0 saturated heterocycles. The SMILES string of the molecule is CN=C(NCCNC(=O)OC(C)(C)C)NCc1cccc(C#N)c1.I. The summed E-state index contributed by atoms with van der Waals surface area (Å²) in [5, 5.41) is 17.8. The Morgan fingerprint density at radius 3 is 2.52 bits per heavy atom. The van der Waals surface area contributed by atoms with Gasteiger partial charge in [0.05, 0.1) is 11.6 Å². The highest BCUT2D eigenvalue weighted by atomic mass is 127. The molecule has 0 atom stereocenters. The van der Waals surface area contributed by atoms with Gasteiger partial charge in [-0.3, -0.25) is 4.99 Å². The second kappa shape index (κ2) is 11.5. The van der Waals surface area contributed by atoms with Gasteiger partial charge in [-0.1, -0.05) is 12.1 Å². The summed E-state index contributed by atoms with van der Waals surface area (Å²) in [6.07, 6.45) is -0.444. The number of nitriles is 1. The van der Waals surface area contributed by atoms with E-state index >= 15 is 0 Å². The molecule has 25 heavy (non-hydrogen) atoms. The number of nitrogens with one attached hydrogen (secondary N) is 3. The summed E-state index contributed by atoms with van der Waals surface area (Å²) < 4.78 is 5.15. The van der Waals surface area contributed by atoms with Crippen LogP contribution in [0.15, 0.2) is 29.3 Å². The third-order valence-corrected chi connectivity index (χ3v) is 2.83. The minimum atomic E-state index is -0.507. The molecule has 0 heterocycles. The van der Waals surface area contributed by atoms with Crippen LogP contribution in [0.4, 0.5) is 4.79 Å². The van der Waals surface area contributed by atoms with E-state index < -0.39 is 11.7 Å². The molecule has 3 N–H and O–H groups in total. The van der Waals surface area contributed by atoms with Crippen LogP contribution in [-0.2, 0) is 11.3 Å². The number of hydrogen-bond acceptors (Lipinski definition) is 4. The molecule has 1 rings (SSSR count). The lowest BCUT2D eigenvalue weighted by atomic mass is 10.1. The first-order chi connectivity index (χ1) is 11.3. The Morgan fingerprint density at radius 2 is 1.92 bits per heavy atom. The molecule has 0 fully saturated rings. The topological polar surface area (TPSA) is 98.5 Å². The van der Waals surface area contributed by atoms with E-state index in [1.54, 1.807) is 13.1 Å². The molecule has 0 aliphatic carbocycles. The maximum absolute atomic E-state index is 11.5. The van der Waals surface area contributed by atoms with Crippen LogP contribution in [0, 0.1) is 11.3 Å². The van der Waals surface area contributed by atoms with Gasteiger partial charge in [-0.05, 0) is 38.5 Å². The minimum absolute atomic E-state index is 0. The lowest BCUT2D eigenvalue weighted by molar-refractivity contribution is 0.0529. The molecule has 1 aromatic carbocycles. The number of aliphatic imine (C=N–C) groups is 1. The van der Waals surface area contributed by atoms with Crippen molar-refractivity contribution in [1.29, 1.82) is 5.26 Å². The molecular formula is C17H26IN5O2. The lowest BCUT2D eigenvalue weighted by Crippen LogP contribution is -2.42. The molecule has 138 valence electrons. The third-order valence-electron chi connectivity index (χ3n) is 2.83. The van der Waals surface area contributed by atoms with Crippen LogP contribution in [0.5, 0.6) is 0 Å². The van der Waals surface area contributed by atoms with E-state index in [1.165, 1.54) is 0 Å². The van der Waals surface area contributed by atoms with Crippen molar-refractivity contribution in [3.05, 3.63) is 35.4 Å². The van der Waals surface area contributed by atoms with Crippen molar-refractivity contribution in [2.75, 3.05) is 20.1 Å². The lowest BCUT2D eigenvalue weighted by Gasteiger charge is -2.19. The first-order valence-corrected chi connectivity index (χ1v) is 7.74. The first-order valence-electron chi connectivity index (χ1n) is 7.74. The number of carbonyl (C=O) groups is 1. The number of benzene rings is 1. The van der Waals surface area contributed by atoms with Crippen LogP contribution in [0.25, 0.3) is 0 Å². The summed E-state index contributed by atoms with van der Waals surface area (Å²) in [5.41, 5.74) is 1.11. The molecule has 0 aliphatic heterocycles. The number of rotatable bonds is 5. The van der Waals surface area contributed by atoms with Crippen LogP contribution in [0.1, 0.15) is 31.9 Å². The minimum Gasteiger partial charge on any atom is -0.444 e. The molecule has 1 aromatic rings. The van der Waals surface area contributed by atoms with Gasteiger partial charge in [-0.15, -0.1) is 24.0 Å². The predicted molar refractivity (Wildman–Crippen MR) is 109 cm³/mol. The van der Waals surface area contributed by atoms with E-state index in [0.717, 1.165) is 5.56 Å². The van der Waals surface area contributed by atoms with Gasteiger partial charge in [0, 0.05) is 26.7 Å². The van der Waals surface area contributed by atoms with Gasteiger partial charge < -0.3 is 20.7 Å². The number of nitrogens with zero attached hydrogens (tertiary/aromatic N) is 2. The molecule has 0 radical (unpaired) electrons. The molecule has 0 bridgehead atoms. The number of alkyl carbamates (subject to hydrolysis) is 1. The van der Waals surface area contributed by atoms with Gasteiger partial charge in [0.15, 0.2) is 5.96 Å². The fourth-order valence-electron chi connectivity index (χ4n) is 1.82. The van der Waals surface area contributed by atoms with Crippen molar-refractivity contribution in [1.82, 2.24) is 16.0 Å². The van der Waals surface area contributed by atoms with Crippen LogP contribution in [0.2, 0.25) is 0 Å². The summed E-state index contributed by atoms with van der Waals surface area (Å²) in [6, 6.07) is 9.48. The fourth-order valence-corrected chi connectivity index (χ4v) is 1.82. The number of amides is 1. The molecule has 0 spiro atoms. The molecular weight excluding hydrogens is 433 g/mol. The first kappa shape index (κ1) is 23.0. The van der Waals surface area contributed by atoms with E-state index in [1.807, 2.05) is 39.0 Å². The van der Waals surface area contributed by atoms with Crippen molar-refractivity contribution in [2.24, 2.45) is 4.99 Å². The maximum Gasteiger partial charge on any atom is 0.407 e. The predicted octanol–water partition coefficient (Wildman–Crippen LogP) is 2.37. The Balaban J connectivity index is 0.00000576. The normalized spacial score (nSPS) is 10.9. The molecule has 7 nitrogen and oxygen atoms in total. The zero-order valence-corrected chi connectivity index (χ0v) is 17.4. The highest BCUT2D eigenvalue weighted by Crippen LogP contribution is 2.06. The Kier molecular flexibility index (Phi) is 10.6. The van der Waals surface area contributed by atoms with Crippen molar-refractivity contribution < 1.29 is 9.53 Å². The second-order valence-electron chi connectivity index (χ2n) is 6.09. The van der Waals surface area contributed by atoms with Crippen molar-refractivity contribution in [2.45, 2.75) is 32.9 Å². The number of halogens is 1. The van der Waals surface area contributed by atoms with Gasteiger partial charge in [0.2, 0.25) is 0 Å². The number of guanidine groups is 1.